The van der Waals surface area contributed by atoms with E-state index in [-0.39, 0.29) is 11.7 Å². The Morgan fingerprint density at radius 2 is 2.26 bits per heavy atom. The predicted molar refractivity (Wildman–Crippen MR) is 85.8 cm³/mol. The Labute approximate surface area is 137 Å². The van der Waals surface area contributed by atoms with E-state index in [1.54, 1.807) is 0 Å². The van der Waals surface area contributed by atoms with E-state index in [0.717, 1.165) is 52.2 Å². The van der Waals surface area contributed by atoms with Gasteiger partial charge in [-0.2, -0.15) is 0 Å². The zero-order valence-corrected chi connectivity index (χ0v) is 13.9. The van der Waals surface area contributed by atoms with Gasteiger partial charge in [0.05, 0.1) is 13.3 Å². The summed E-state index contributed by atoms with van der Waals surface area (Å²) >= 11 is 0. The predicted octanol–water partition coefficient (Wildman–Crippen LogP) is 1.53. The van der Waals surface area contributed by atoms with E-state index in [1.165, 1.54) is 12.1 Å². The summed E-state index contributed by atoms with van der Waals surface area (Å²) in [6, 6.07) is 0.633. The third kappa shape index (κ3) is 2.94. The van der Waals surface area contributed by atoms with Crippen molar-refractivity contribution in [2.24, 2.45) is 5.92 Å². The topological polar surface area (TPSA) is 54.0 Å². The number of amides is 1. The second-order valence-electron chi connectivity index (χ2n) is 7.32. The Bertz CT molecular complexity index is 499. The summed E-state index contributed by atoms with van der Waals surface area (Å²) in [7, 11) is 0. The molecule has 2 unspecified atom stereocenters. The first-order chi connectivity index (χ1) is 11.2. The molecular weight excluding hydrogens is 294 g/mol. The van der Waals surface area contributed by atoms with Crippen LogP contribution in [0.3, 0.4) is 0 Å². The highest BCUT2D eigenvalue weighted by atomic mass is 16.6. The molecule has 6 heteroatoms. The Morgan fingerprint density at radius 1 is 1.43 bits per heavy atom. The molecule has 3 fully saturated rings. The summed E-state index contributed by atoms with van der Waals surface area (Å²) in [4.78, 5) is 16.3. The molecule has 3 heterocycles. The van der Waals surface area contributed by atoms with Crippen molar-refractivity contribution in [1.82, 2.24) is 15.1 Å². The van der Waals surface area contributed by atoms with Crippen LogP contribution in [-0.4, -0.2) is 67.1 Å². The van der Waals surface area contributed by atoms with E-state index in [0.29, 0.717) is 18.5 Å². The Hall–Kier alpha value is -1.27. The van der Waals surface area contributed by atoms with Crippen molar-refractivity contribution in [1.29, 1.82) is 0 Å². The highest BCUT2D eigenvalue weighted by Gasteiger charge is 2.44. The van der Waals surface area contributed by atoms with Crippen LogP contribution in [-0.2, 0) is 9.47 Å². The van der Waals surface area contributed by atoms with Crippen LogP contribution >= 0.6 is 0 Å². The molecular formula is C17H27N3O3. The fraction of sp³-hybridized carbons (Fsp3) is 0.824. The first-order valence-electron chi connectivity index (χ1n) is 8.92. The zero-order chi connectivity index (χ0) is 15.9. The lowest BCUT2D eigenvalue weighted by molar-refractivity contribution is 0.00508. The summed E-state index contributed by atoms with van der Waals surface area (Å²) in [5.41, 5.74) is 1.25. The smallest absolute Gasteiger partial charge is 0.407 e. The van der Waals surface area contributed by atoms with Crippen LogP contribution in [0.1, 0.15) is 32.6 Å². The van der Waals surface area contributed by atoms with Crippen LogP contribution in [0.5, 0.6) is 0 Å². The van der Waals surface area contributed by atoms with Gasteiger partial charge in [0.15, 0.2) is 0 Å². The second kappa shape index (κ2) is 5.98. The highest BCUT2D eigenvalue weighted by molar-refractivity contribution is 5.70. The summed E-state index contributed by atoms with van der Waals surface area (Å²) in [5, 5.41) is 2.81. The maximum Gasteiger partial charge on any atom is 0.407 e. The lowest BCUT2D eigenvalue weighted by atomic mass is 9.89. The second-order valence-corrected chi connectivity index (χ2v) is 7.32. The van der Waals surface area contributed by atoms with Crippen molar-refractivity contribution in [3.63, 3.8) is 0 Å². The van der Waals surface area contributed by atoms with Gasteiger partial charge in [-0.3, -0.25) is 4.90 Å². The lowest BCUT2D eigenvalue weighted by Gasteiger charge is -2.41. The molecule has 0 aromatic rings. The fourth-order valence-electron chi connectivity index (χ4n) is 4.52. The summed E-state index contributed by atoms with van der Waals surface area (Å²) < 4.78 is 11.1. The number of carbonyl (C=O) groups excluding carboxylic acids is 1. The quantitative estimate of drug-likeness (QED) is 0.851. The van der Waals surface area contributed by atoms with Gasteiger partial charge in [0.2, 0.25) is 0 Å². The minimum absolute atomic E-state index is 0.247. The molecule has 4 rings (SSSR count). The molecule has 128 valence electrons. The number of hydrogen-bond donors (Lipinski definition) is 1. The number of carbonyl (C=O) groups is 1. The Balaban J connectivity index is 1.35. The SMILES string of the molecule is CCOCN1CC2C=C(N3CCC4(CC3)CNC(=O)O4)CC1C2. The lowest BCUT2D eigenvalue weighted by Crippen LogP contribution is -2.47. The first kappa shape index (κ1) is 15.3. The van der Waals surface area contributed by atoms with Crippen LogP contribution in [0, 0.1) is 5.92 Å². The molecule has 0 aromatic heterocycles. The number of alkyl carbamates (subject to hydrolysis) is 1. The Kier molecular flexibility index (Phi) is 3.97. The van der Waals surface area contributed by atoms with E-state index in [4.69, 9.17) is 9.47 Å². The van der Waals surface area contributed by atoms with Crippen molar-refractivity contribution in [2.45, 2.75) is 44.2 Å². The van der Waals surface area contributed by atoms with Gasteiger partial charge in [0.1, 0.15) is 5.60 Å². The molecule has 6 nitrogen and oxygen atoms in total. The molecule has 1 spiro atoms. The van der Waals surface area contributed by atoms with Crippen molar-refractivity contribution in [2.75, 3.05) is 39.5 Å². The van der Waals surface area contributed by atoms with Gasteiger partial charge in [-0.1, -0.05) is 6.08 Å². The molecule has 4 aliphatic rings. The summed E-state index contributed by atoms with van der Waals surface area (Å²) in [6.45, 7) is 7.40. The Morgan fingerprint density at radius 3 is 2.96 bits per heavy atom. The zero-order valence-electron chi connectivity index (χ0n) is 13.9. The standard InChI is InChI=1S/C17H27N3O3/c1-2-22-12-20-10-13-7-14(9-15(20)8-13)19-5-3-17(4-6-19)11-18-16(21)23-17/h7,13,15H,2-6,8-12H2,1H3,(H,18,21). The molecule has 0 saturated carbocycles. The van der Waals surface area contributed by atoms with Crippen molar-refractivity contribution >= 4 is 6.09 Å². The maximum absolute atomic E-state index is 11.3. The average Bonchev–Trinajstić information content (AvgIpc) is 3.05. The van der Waals surface area contributed by atoms with Gasteiger partial charge in [-0.15, -0.1) is 0 Å². The van der Waals surface area contributed by atoms with Gasteiger partial charge in [0, 0.05) is 57.2 Å². The molecule has 0 aromatic carbocycles. The van der Waals surface area contributed by atoms with E-state index < -0.39 is 0 Å². The molecule has 1 amide bonds. The fourth-order valence-corrected chi connectivity index (χ4v) is 4.52. The average molecular weight is 321 g/mol. The summed E-state index contributed by atoms with van der Waals surface area (Å²) in [6.07, 6.45) is 6.51. The molecule has 1 aliphatic carbocycles. The van der Waals surface area contributed by atoms with Crippen molar-refractivity contribution in [3.8, 4) is 0 Å². The van der Waals surface area contributed by atoms with Gasteiger partial charge in [-0.05, 0) is 19.3 Å². The number of piperidine rings is 1. The van der Waals surface area contributed by atoms with Crippen LogP contribution in [0.4, 0.5) is 4.79 Å². The van der Waals surface area contributed by atoms with Crippen LogP contribution in [0.15, 0.2) is 11.8 Å². The van der Waals surface area contributed by atoms with E-state index >= 15 is 0 Å². The minimum Gasteiger partial charge on any atom is -0.441 e. The number of hydrogen-bond acceptors (Lipinski definition) is 5. The van der Waals surface area contributed by atoms with Crippen molar-refractivity contribution < 1.29 is 14.3 Å². The third-order valence-corrected chi connectivity index (χ3v) is 5.84. The molecule has 23 heavy (non-hydrogen) atoms. The summed E-state index contributed by atoms with van der Waals surface area (Å²) in [5.74, 6) is 0.672. The number of likely N-dealkylation sites (tertiary alicyclic amines) is 2. The van der Waals surface area contributed by atoms with Gasteiger partial charge >= 0.3 is 6.09 Å². The number of fused-ring (bicyclic) bond motifs is 2. The molecule has 2 bridgehead atoms. The largest absolute Gasteiger partial charge is 0.441 e. The monoisotopic (exact) mass is 321 g/mol. The minimum atomic E-state index is -0.250. The van der Waals surface area contributed by atoms with Gasteiger partial charge < -0.3 is 19.7 Å². The van der Waals surface area contributed by atoms with E-state index in [1.807, 2.05) is 0 Å². The first-order valence-corrected chi connectivity index (χ1v) is 8.92. The molecule has 2 atom stereocenters. The van der Waals surface area contributed by atoms with Crippen LogP contribution < -0.4 is 5.32 Å². The van der Waals surface area contributed by atoms with Crippen LogP contribution in [0.25, 0.3) is 0 Å². The number of nitrogens with zero attached hydrogens (tertiary/aromatic N) is 2. The van der Waals surface area contributed by atoms with Crippen LogP contribution in [0.2, 0.25) is 0 Å². The van der Waals surface area contributed by atoms with E-state index in [9.17, 15) is 4.79 Å². The number of nitrogens with one attached hydrogen (secondary N) is 1. The molecule has 0 radical (unpaired) electrons. The van der Waals surface area contributed by atoms with Gasteiger partial charge in [-0.25, -0.2) is 4.79 Å². The molecule has 1 N–H and O–H groups in total. The normalized spacial score (nSPS) is 32.8. The van der Waals surface area contributed by atoms with Crippen molar-refractivity contribution in [3.05, 3.63) is 11.8 Å². The highest BCUT2D eigenvalue weighted by Crippen LogP contribution is 2.38. The molecule has 3 aliphatic heterocycles. The van der Waals surface area contributed by atoms with E-state index in [2.05, 4.69) is 28.1 Å². The van der Waals surface area contributed by atoms with Gasteiger partial charge in [0.25, 0.3) is 0 Å². The third-order valence-electron chi connectivity index (χ3n) is 5.84. The number of rotatable bonds is 4. The maximum atomic E-state index is 11.3. The number of ether oxygens (including phenoxy) is 2. The molecule has 3 saturated heterocycles.